The van der Waals surface area contributed by atoms with E-state index in [1.54, 1.807) is 6.07 Å². The molecule has 4 N–H and O–H groups in total. The zero-order valence-corrected chi connectivity index (χ0v) is 8.38. The lowest BCUT2D eigenvalue weighted by Gasteiger charge is -1.92. The van der Waals surface area contributed by atoms with Crippen LogP contribution in [0.4, 0.5) is 0 Å². The fourth-order valence-corrected chi connectivity index (χ4v) is 2.13. The fraction of sp³-hybridized carbons (Fsp3) is 0.167. The van der Waals surface area contributed by atoms with Crippen molar-refractivity contribution >= 4 is 40.5 Å². The molecule has 3 nitrogen and oxygen atoms in total. The summed E-state index contributed by atoms with van der Waals surface area (Å²) in [5.74, 6) is 0.0494. The molecule has 0 aliphatic heterocycles. The van der Waals surface area contributed by atoms with E-state index in [4.69, 9.17) is 34.7 Å². The first-order valence-corrected chi connectivity index (χ1v) is 4.66. The average Bonchev–Trinajstić information content (AvgIpc) is 2.26. The van der Waals surface area contributed by atoms with Crippen LogP contribution >= 0.6 is 34.5 Å². The van der Waals surface area contributed by atoms with Crippen LogP contribution in [0, 0.1) is 0 Å². The van der Waals surface area contributed by atoms with Crippen LogP contribution in [0.3, 0.4) is 0 Å². The normalized spacial score (nSPS) is 9.83. The minimum Gasteiger partial charge on any atom is -0.370 e. The summed E-state index contributed by atoms with van der Waals surface area (Å²) in [6.45, 7) is 0.379. The van der Waals surface area contributed by atoms with Gasteiger partial charge in [-0.2, -0.15) is 0 Å². The Morgan fingerprint density at radius 2 is 2.17 bits per heavy atom. The monoisotopic (exact) mass is 223 g/mol. The maximum atomic E-state index is 5.81. The first-order chi connectivity index (χ1) is 5.59. The molecule has 0 saturated carbocycles. The second kappa shape index (κ2) is 3.98. The van der Waals surface area contributed by atoms with Crippen LogP contribution in [0.2, 0.25) is 8.67 Å². The van der Waals surface area contributed by atoms with Crippen molar-refractivity contribution in [1.82, 2.24) is 0 Å². The van der Waals surface area contributed by atoms with Crippen LogP contribution in [0.1, 0.15) is 5.56 Å². The third-order valence-corrected chi connectivity index (χ3v) is 2.73. The molecule has 0 aliphatic carbocycles. The topological polar surface area (TPSA) is 64.4 Å². The molecule has 0 fully saturated rings. The molecule has 66 valence electrons. The molecule has 0 bridgehead atoms. The summed E-state index contributed by atoms with van der Waals surface area (Å²) >= 11 is 12.8. The van der Waals surface area contributed by atoms with Crippen molar-refractivity contribution in [2.45, 2.75) is 6.54 Å². The van der Waals surface area contributed by atoms with E-state index < -0.39 is 0 Å². The van der Waals surface area contributed by atoms with Crippen LogP contribution in [-0.2, 0) is 6.54 Å². The summed E-state index contributed by atoms with van der Waals surface area (Å²) in [5, 5.41) is 0. The number of halogens is 2. The number of nitrogens with zero attached hydrogens (tertiary/aromatic N) is 1. The molecule has 1 rings (SSSR count). The Labute approximate surface area is 84.0 Å². The highest BCUT2D eigenvalue weighted by Gasteiger charge is 2.04. The third-order valence-electron chi connectivity index (χ3n) is 1.16. The fourth-order valence-electron chi connectivity index (χ4n) is 0.659. The van der Waals surface area contributed by atoms with Crippen LogP contribution in [0.25, 0.3) is 0 Å². The Kier molecular flexibility index (Phi) is 3.20. The number of aliphatic imine (C=N–C) groups is 1. The molecule has 1 aromatic heterocycles. The Balaban J connectivity index is 2.75. The van der Waals surface area contributed by atoms with E-state index in [9.17, 15) is 0 Å². The second-order valence-corrected chi connectivity index (χ2v) is 4.38. The summed E-state index contributed by atoms with van der Waals surface area (Å²) in [6, 6.07) is 1.75. The van der Waals surface area contributed by atoms with Crippen LogP contribution < -0.4 is 11.5 Å². The van der Waals surface area contributed by atoms with Crippen molar-refractivity contribution in [3.8, 4) is 0 Å². The molecule has 0 aliphatic rings. The van der Waals surface area contributed by atoms with Gasteiger partial charge in [-0.05, 0) is 6.07 Å². The highest BCUT2D eigenvalue weighted by Crippen LogP contribution is 2.31. The highest BCUT2D eigenvalue weighted by molar-refractivity contribution is 7.20. The predicted molar refractivity (Wildman–Crippen MR) is 53.9 cm³/mol. The molecular formula is C6H7Cl2N3S. The van der Waals surface area contributed by atoms with Gasteiger partial charge < -0.3 is 11.5 Å². The van der Waals surface area contributed by atoms with Gasteiger partial charge in [-0.3, -0.25) is 0 Å². The average molecular weight is 224 g/mol. The minimum atomic E-state index is 0.0494. The molecule has 0 unspecified atom stereocenters. The predicted octanol–water partition coefficient (Wildman–Crippen LogP) is 1.83. The lowest BCUT2D eigenvalue weighted by Crippen LogP contribution is -2.22. The van der Waals surface area contributed by atoms with E-state index in [2.05, 4.69) is 4.99 Å². The molecule has 0 atom stereocenters. The largest absolute Gasteiger partial charge is 0.370 e. The van der Waals surface area contributed by atoms with Crippen molar-refractivity contribution in [3.63, 3.8) is 0 Å². The molecule has 0 amide bonds. The highest BCUT2D eigenvalue weighted by atomic mass is 35.5. The Hall–Kier alpha value is -0.450. The number of rotatable bonds is 2. The van der Waals surface area contributed by atoms with E-state index in [1.807, 2.05) is 0 Å². The van der Waals surface area contributed by atoms with E-state index >= 15 is 0 Å². The van der Waals surface area contributed by atoms with E-state index in [-0.39, 0.29) is 5.96 Å². The lowest BCUT2D eigenvalue weighted by atomic mass is 10.3. The maximum absolute atomic E-state index is 5.81. The molecular weight excluding hydrogens is 217 g/mol. The summed E-state index contributed by atoms with van der Waals surface area (Å²) < 4.78 is 1.27. The number of hydrogen-bond donors (Lipinski definition) is 2. The van der Waals surface area contributed by atoms with Gasteiger partial charge in [0.1, 0.15) is 0 Å². The quantitative estimate of drug-likeness (QED) is 0.594. The van der Waals surface area contributed by atoms with E-state index in [0.717, 1.165) is 5.56 Å². The van der Waals surface area contributed by atoms with Crippen molar-refractivity contribution in [3.05, 3.63) is 20.3 Å². The molecule has 12 heavy (non-hydrogen) atoms. The zero-order chi connectivity index (χ0) is 9.14. The summed E-state index contributed by atoms with van der Waals surface area (Å²) in [5.41, 5.74) is 11.2. The van der Waals surface area contributed by atoms with Gasteiger partial charge in [-0.25, -0.2) is 4.99 Å². The van der Waals surface area contributed by atoms with E-state index in [0.29, 0.717) is 15.2 Å². The van der Waals surface area contributed by atoms with Crippen LogP contribution in [-0.4, -0.2) is 5.96 Å². The van der Waals surface area contributed by atoms with Gasteiger partial charge in [-0.15, -0.1) is 11.3 Å². The van der Waals surface area contributed by atoms with Gasteiger partial charge in [0.2, 0.25) is 0 Å². The first-order valence-electron chi connectivity index (χ1n) is 3.08. The summed E-state index contributed by atoms with van der Waals surface area (Å²) in [6.07, 6.45) is 0. The second-order valence-electron chi connectivity index (χ2n) is 2.09. The molecule has 0 radical (unpaired) electrons. The number of hydrogen-bond acceptors (Lipinski definition) is 2. The van der Waals surface area contributed by atoms with Gasteiger partial charge in [-0.1, -0.05) is 23.2 Å². The number of thiophene rings is 1. The third kappa shape index (κ3) is 2.55. The van der Waals surface area contributed by atoms with Crippen LogP contribution in [0.15, 0.2) is 11.1 Å². The molecule has 0 aromatic carbocycles. The molecule has 6 heteroatoms. The molecule has 1 aromatic rings. The maximum Gasteiger partial charge on any atom is 0.186 e. The standard InChI is InChI=1S/C6H7Cl2N3S/c7-4-1-3(5(8)12-4)2-11-6(9)10/h1H,2H2,(H4,9,10,11). The van der Waals surface area contributed by atoms with Gasteiger partial charge in [0, 0.05) is 5.56 Å². The Bertz CT molecular complexity index is 304. The van der Waals surface area contributed by atoms with Gasteiger partial charge in [0.25, 0.3) is 0 Å². The van der Waals surface area contributed by atoms with Crippen molar-refractivity contribution < 1.29 is 0 Å². The van der Waals surface area contributed by atoms with Gasteiger partial charge >= 0.3 is 0 Å². The SMILES string of the molecule is NC(N)=NCc1cc(Cl)sc1Cl. The summed E-state index contributed by atoms with van der Waals surface area (Å²) in [4.78, 5) is 3.80. The zero-order valence-electron chi connectivity index (χ0n) is 6.05. The smallest absolute Gasteiger partial charge is 0.186 e. The molecule has 1 heterocycles. The van der Waals surface area contributed by atoms with Crippen molar-refractivity contribution in [1.29, 1.82) is 0 Å². The van der Waals surface area contributed by atoms with Gasteiger partial charge in [0.05, 0.1) is 15.2 Å². The van der Waals surface area contributed by atoms with Crippen molar-refractivity contribution in [2.24, 2.45) is 16.5 Å². The molecule has 0 spiro atoms. The van der Waals surface area contributed by atoms with Crippen molar-refractivity contribution in [2.75, 3.05) is 0 Å². The number of guanidine groups is 1. The van der Waals surface area contributed by atoms with Crippen LogP contribution in [0.5, 0.6) is 0 Å². The Morgan fingerprint density at radius 1 is 1.50 bits per heavy atom. The Morgan fingerprint density at radius 3 is 2.58 bits per heavy atom. The van der Waals surface area contributed by atoms with E-state index in [1.165, 1.54) is 11.3 Å². The first kappa shape index (κ1) is 9.64. The van der Waals surface area contributed by atoms with Gasteiger partial charge in [0.15, 0.2) is 5.96 Å². The summed E-state index contributed by atoms with van der Waals surface area (Å²) in [7, 11) is 0. The molecule has 0 saturated heterocycles. The minimum absolute atomic E-state index is 0.0494. The lowest BCUT2D eigenvalue weighted by molar-refractivity contribution is 1.06. The number of nitrogens with two attached hydrogens (primary N) is 2.